The Balaban J connectivity index is 2.05. The number of likely N-dealkylation sites (N-methyl/N-ethyl adjacent to an activating group) is 1. The first kappa shape index (κ1) is 13.4. The van der Waals surface area contributed by atoms with Crippen molar-refractivity contribution in [2.24, 2.45) is 0 Å². The highest BCUT2D eigenvalue weighted by Crippen LogP contribution is 2.14. The van der Waals surface area contributed by atoms with Gasteiger partial charge in [-0.1, -0.05) is 29.8 Å². The van der Waals surface area contributed by atoms with Crippen LogP contribution in [0.2, 0.25) is 0 Å². The molecule has 1 aromatic carbocycles. The number of ether oxygens (including phenoxy) is 1. The number of amides is 1. The van der Waals surface area contributed by atoms with Crippen molar-refractivity contribution in [3.05, 3.63) is 46.6 Å². The van der Waals surface area contributed by atoms with Gasteiger partial charge in [0.15, 0.2) is 0 Å². The molecule has 1 amide bonds. The fourth-order valence-electron chi connectivity index (χ4n) is 1.66. The van der Waals surface area contributed by atoms with Crippen LogP contribution in [0.25, 0.3) is 0 Å². The smallest absolute Gasteiger partial charge is 0.252 e. The number of nitriles is 1. The second-order valence-electron chi connectivity index (χ2n) is 4.02. The monoisotopic (exact) mass is 277 g/mol. The first-order chi connectivity index (χ1) is 9.11. The summed E-state index contributed by atoms with van der Waals surface area (Å²) in [6.07, 6.45) is 0.640. The molecule has 0 bridgehead atoms. The molecule has 1 N–H and O–H groups in total. The summed E-state index contributed by atoms with van der Waals surface area (Å²) in [5, 5.41) is 12.0. The van der Waals surface area contributed by atoms with Crippen LogP contribution < -0.4 is 5.32 Å². The molecule has 1 heterocycles. The third-order valence-corrected chi connectivity index (χ3v) is 2.96. The minimum atomic E-state index is -0.642. The lowest BCUT2D eigenvalue weighted by Crippen LogP contribution is -2.50. The van der Waals surface area contributed by atoms with Gasteiger partial charge >= 0.3 is 0 Å². The van der Waals surface area contributed by atoms with Crippen molar-refractivity contribution in [1.29, 1.82) is 5.26 Å². The lowest BCUT2D eigenvalue weighted by molar-refractivity contribution is -0.144. The topological polar surface area (TPSA) is 65.4 Å². The highest BCUT2D eigenvalue weighted by atomic mass is 35.5. The maximum atomic E-state index is 11.5. The van der Waals surface area contributed by atoms with E-state index in [1.165, 1.54) is 11.0 Å². The van der Waals surface area contributed by atoms with Crippen LogP contribution in [0.5, 0.6) is 0 Å². The van der Waals surface area contributed by atoms with E-state index in [1.807, 2.05) is 6.07 Å². The fourth-order valence-corrected chi connectivity index (χ4v) is 1.85. The summed E-state index contributed by atoms with van der Waals surface area (Å²) < 4.78 is 5.58. The minimum absolute atomic E-state index is 0.211. The van der Waals surface area contributed by atoms with Crippen molar-refractivity contribution in [3.8, 4) is 6.07 Å². The van der Waals surface area contributed by atoms with Crippen molar-refractivity contribution in [1.82, 2.24) is 10.2 Å². The van der Waals surface area contributed by atoms with Crippen LogP contribution in [0.1, 0.15) is 11.1 Å². The summed E-state index contributed by atoms with van der Waals surface area (Å²) in [7, 11) is 1.61. The average Bonchev–Trinajstić information content (AvgIpc) is 2.41. The number of carbonyl (C=O) groups is 1. The number of nitrogens with zero attached hydrogens (tertiary/aromatic N) is 2. The molecule has 1 atom stereocenters. The van der Waals surface area contributed by atoms with Gasteiger partial charge in [0.05, 0.1) is 18.2 Å². The number of rotatable bonds is 3. The van der Waals surface area contributed by atoms with Crippen molar-refractivity contribution in [2.45, 2.75) is 13.0 Å². The second-order valence-corrected chi connectivity index (χ2v) is 4.43. The number of hydrogen-bond acceptors (Lipinski definition) is 4. The van der Waals surface area contributed by atoms with E-state index in [-0.39, 0.29) is 17.7 Å². The summed E-state index contributed by atoms with van der Waals surface area (Å²) in [6, 6.07) is 9.23. The lowest BCUT2D eigenvalue weighted by Gasteiger charge is -2.31. The Bertz CT molecular complexity index is 565. The number of nitrogens with one attached hydrogen (secondary N) is 1. The van der Waals surface area contributed by atoms with Crippen LogP contribution in [0.3, 0.4) is 0 Å². The van der Waals surface area contributed by atoms with Crippen molar-refractivity contribution >= 4 is 17.5 Å². The molecule has 0 radical (unpaired) electrons. The van der Waals surface area contributed by atoms with Gasteiger partial charge in [0, 0.05) is 13.1 Å². The number of hydrogen-bond donors (Lipinski definition) is 1. The predicted octanol–water partition coefficient (Wildman–Crippen LogP) is 1.50. The molecule has 5 nitrogen and oxygen atoms in total. The zero-order valence-electron chi connectivity index (χ0n) is 10.3. The molecule has 0 spiro atoms. The molecule has 1 unspecified atom stereocenters. The Hall–Kier alpha value is -2.03. The van der Waals surface area contributed by atoms with Crippen LogP contribution >= 0.6 is 11.6 Å². The van der Waals surface area contributed by atoms with Crippen LogP contribution in [0.4, 0.5) is 0 Å². The van der Waals surface area contributed by atoms with Crippen LogP contribution in [-0.2, 0) is 16.1 Å². The van der Waals surface area contributed by atoms with Crippen LogP contribution in [-0.4, -0.2) is 24.2 Å². The van der Waals surface area contributed by atoms with Gasteiger partial charge in [-0.25, -0.2) is 0 Å². The van der Waals surface area contributed by atoms with Crippen molar-refractivity contribution < 1.29 is 9.53 Å². The van der Waals surface area contributed by atoms with Crippen LogP contribution in [0, 0.1) is 11.3 Å². The molecule has 19 heavy (non-hydrogen) atoms. The zero-order valence-corrected chi connectivity index (χ0v) is 11.0. The number of benzene rings is 1. The normalized spacial score (nSPS) is 18.6. The molecule has 1 aromatic rings. The first-order valence-corrected chi connectivity index (χ1v) is 6.00. The Labute approximate surface area is 116 Å². The molecule has 0 saturated carbocycles. The van der Waals surface area contributed by atoms with Gasteiger partial charge in [-0.05, 0) is 11.6 Å². The summed E-state index contributed by atoms with van der Waals surface area (Å²) in [5.41, 5.74) is 1.31. The largest absolute Gasteiger partial charge is 0.336 e. The molecule has 1 aliphatic heterocycles. The number of carbonyl (C=O) groups excluding carboxylic acids is 1. The molecular formula is C13H12ClN3O2. The minimum Gasteiger partial charge on any atom is -0.336 e. The summed E-state index contributed by atoms with van der Waals surface area (Å²) in [6.45, 7) is 0.211. The molecule has 0 saturated heterocycles. The lowest BCUT2D eigenvalue weighted by atomic mass is 10.1. The standard InChI is InChI=1S/C13H12ClN3O2/c1-17-12(18)6-11(14)16-13(17)19-8-10-5-3-2-4-9(10)7-15/h2-6,13,16H,8H2,1H3. The van der Waals surface area contributed by atoms with Gasteiger partial charge < -0.3 is 10.1 Å². The molecule has 6 heteroatoms. The SMILES string of the molecule is CN1C(=O)C=C(Cl)NC1OCc1ccccc1C#N. The third kappa shape index (κ3) is 3.05. The van der Waals surface area contributed by atoms with Gasteiger partial charge in [-0.15, -0.1) is 0 Å². The van der Waals surface area contributed by atoms with E-state index >= 15 is 0 Å². The third-order valence-electron chi connectivity index (χ3n) is 2.75. The van der Waals surface area contributed by atoms with E-state index in [1.54, 1.807) is 25.2 Å². The first-order valence-electron chi connectivity index (χ1n) is 5.62. The van der Waals surface area contributed by atoms with Gasteiger partial charge in [0.1, 0.15) is 5.16 Å². The fraction of sp³-hybridized carbons (Fsp3) is 0.231. The Kier molecular flexibility index (Phi) is 4.05. The van der Waals surface area contributed by atoms with Crippen molar-refractivity contribution in [2.75, 3.05) is 7.05 Å². The molecule has 2 rings (SSSR count). The maximum absolute atomic E-state index is 11.5. The van der Waals surface area contributed by atoms with Gasteiger partial charge in [-0.3, -0.25) is 9.69 Å². The molecule has 1 aliphatic rings. The Morgan fingerprint density at radius 3 is 3.00 bits per heavy atom. The van der Waals surface area contributed by atoms with E-state index in [0.29, 0.717) is 5.56 Å². The Morgan fingerprint density at radius 1 is 1.53 bits per heavy atom. The zero-order chi connectivity index (χ0) is 13.8. The van der Waals surface area contributed by atoms with E-state index in [4.69, 9.17) is 21.6 Å². The summed E-state index contributed by atoms with van der Waals surface area (Å²) in [5.74, 6) is -0.234. The van der Waals surface area contributed by atoms with Crippen molar-refractivity contribution in [3.63, 3.8) is 0 Å². The van der Waals surface area contributed by atoms with Crippen LogP contribution in [0.15, 0.2) is 35.5 Å². The quantitative estimate of drug-likeness (QED) is 0.851. The van der Waals surface area contributed by atoms with E-state index < -0.39 is 6.35 Å². The Morgan fingerprint density at radius 2 is 2.26 bits per heavy atom. The molecule has 0 aromatic heterocycles. The van der Waals surface area contributed by atoms with Gasteiger partial charge in [0.2, 0.25) is 6.35 Å². The second kappa shape index (κ2) is 5.74. The van der Waals surface area contributed by atoms with E-state index in [9.17, 15) is 4.79 Å². The van der Waals surface area contributed by atoms with Gasteiger partial charge in [0.25, 0.3) is 5.91 Å². The predicted molar refractivity (Wildman–Crippen MR) is 69.6 cm³/mol. The highest BCUT2D eigenvalue weighted by molar-refractivity contribution is 6.30. The van der Waals surface area contributed by atoms with Gasteiger partial charge in [-0.2, -0.15) is 5.26 Å². The van der Waals surface area contributed by atoms with E-state index in [2.05, 4.69) is 11.4 Å². The van der Waals surface area contributed by atoms with E-state index in [0.717, 1.165) is 5.56 Å². The molecule has 98 valence electrons. The summed E-state index contributed by atoms with van der Waals surface area (Å²) in [4.78, 5) is 12.9. The highest BCUT2D eigenvalue weighted by Gasteiger charge is 2.24. The molecule has 0 fully saturated rings. The average molecular weight is 278 g/mol. The molecular weight excluding hydrogens is 266 g/mol. The molecule has 0 aliphatic carbocycles. The number of halogens is 1. The summed E-state index contributed by atoms with van der Waals surface area (Å²) >= 11 is 5.78. The maximum Gasteiger partial charge on any atom is 0.252 e.